The Morgan fingerprint density at radius 2 is 1.63 bits per heavy atom. The minimum Gasteiger partial charge on any atom is -0.309 e. The number of hydrogen-bond donors (Lipinski definition) is 3. The number of nitrogens with zero attached hydrogens (tertiary/aromatic N) is 1. The summed E-state index contributed by atoms with van der Waals surface area (Å²) in [5.74, 6) is -1.06. The number of carbonyl (C=O) groups is 2. The lowest BCUT2D eigenvalue weighted by Gasteiger charge is -2.14. The molecule has 7 heteroatoms. The van der Waals surface area contributed by atoms with E-state index in [1.807, 2.05) is 26.2 Å². The van der Waals surface area contributed by atoms with Gasteiger partial charge in [0, 0.05) is 17.7 Å². The summed E-state index contributed by atoms with van der Waals surface area (Å²) < 4.78 is 0. The van der Waals surface area contributed by atoms with E-state index in [2.05, 4.69) is 34.6 Å². The molecule has 3 rings (SSSR count). The van der Waals surface area contributed by atoms with Gasteiger partial charge in [0.1, 0.15) is 0 Å². The fraction of sp³-hybridized carbons (Fsp3) is 0.217. The summed E-state index contributed by atoms with van der Waals surface area (Å²) in [6, 6.07) is 18.3. The molecule has 0 unspecified atom stereocenters. The summed E-state index contributed by atoms with van der Waals surface area (Å²) in [5.41, 5.74) is 6.78. The van der Waals surface area contributed by atoms with Crippen molar-refractivity contribution in [3.8, 4) is 0 Å². The summed E-state index contributed by atoms with van der Waals surface area (Å²) in [4.78, 5) is 31.2. The average molecular weight is 407 g/mol. The van der Waals surface area contributed by atoms with Crippen LogP contribution in [0.3, 0.4) is 0 Å². The van der Waals surface area contributed by atoms with Crippen molar-refractivity contribution in [3.63, 3.8) is 0 Å². The molecule has 0 radical (unpaired) electrons. The maximum atomic E-state index is 12.3. The van der Waals surface area contributed by atoms with Gasteiger partial charge in [-0.05, 0) is 72.7 Å². The lowest BCUT2D eigenvalue weighted by atomic mass is 9.99. The highest BCUT2D eigenvalue weighted by molar-refractivity contribution is 5.97. The van der Waals surface area contributed by atoms with E-state index in [1.54, 1.807) is 5.48 Å². The summed E-state index contributed by atoms with van der Waals surface area (Å²) in [6.07, 6.45) is 0.918. The highest BCUT2D eigenvalue weighted by Crippen LogP contribution is 2.22. The molecule has 3 aromatic carbocycles. The van der Waals surface area contributed by atoms with E-state index in [0.717, 1.165) is 23.9 Å². The van der Waals surface area contributed by atoms with Crippen molar-refractivity contribution in [2.45, 2.75) is 13.0 Å². The molecule has 0 aliphatic heterocycles. The Morgan fingerprint density at radius 1 is 0.967 bits per heavy atom. The summed E-state index contributed by atoms with van der Waals surface area (Å²) in [5, 5.41) is 11.0. The molecule has 0 saturated carbocycles. The first-order valence-electron chi connectivity index (χ1n) is 9.60. The minimum atomic E-state index is -0.639. The van der Waals surface area contributed by atoms with Gasteiger partial charge in [-0.1, -0.05) is 30.3 Å². The van der Waals surface area contributed by atoms with Crippen molar-refractivity contribution in [3.05, 3.63) is 82.9 Å². The third-order valence-corrected chi connectivity index (χ3v) is 4.75. The Balaban J connectivity index is 1.65. The second-order valence-corrected chi connectivity index (χ2v) is 7.27. The van der Waals surface area contributed by atoms with Crippen molar-refractivity contribution >= 4 is 22.6 Å². The van der Waals surface area contributed by atoms with Gasteiger partial charge in [0.15, 0.2) is 0 Å². The van der Waals surface area contributed by atoms with Gasteiger partial charge in [-0.25, -0.2) is 11.0 Å². The molecule has 3 N–H and O–H groups in total. The first-order valence-corrected chi connectivity index (χ1v) is 9.60. The summed E-state index contributed by atoms with van der Waals surface area (Å²) in [7, 11) is 4.10. The zero-order chi connectivity index (χ0) is 21.5. The van der Waals surface area contributed by atoms with E-state index in [4.69, 9.17) is 10.0 Å². The number of benzene rings is 3. The topological polar surface area (TPSA) is 90.9 Å². The molecule has 0 aliphatic rings. The predicted octanol–water partition coefficient (Wildman–Crippen LogP) is 2.92. The molecule has 2 amide bonds. The zero-order valence-electron chi connectivity index (χ0n) is 17.0. The van der Waals surface area contributed by atoms with Crippen LogP contribution in [0, 0.1) is 0 Å². The zero-order valence-corrected chi connectivity index (χ0v) is 17.0. The lowest BCUT2D eigenvalue weighted by Crippen LogP contribution is -2.24. The van der Waals surface area contributed by atoms with E-state index in [1.165, 1.54) is 35.2 Å². The van der Waals surface area contributed by atoms with Gasteiger partial charge in [-0.2, -0.15) is 0 Å². The third kappa shape index (κ3) is 5.42. The minimum absolute atomic E-state index is 0.233. The number of amides is 2. The Labute approximate surface area is 175 Å². The van der Waals surface area contributed by atoms with Crippen LogP contribution in [0.4, 0.5) is 0 Å². The molecule has 0 aromatic heterocycles. The first kappa shape index (κ1) is 21.4. The molecule has 0 heterocycles. The monoisotopic (exact) mass is 407 g/mol. The molecule has 0 fully saturated rings. The molecule has 3 aromatic rings. The second kappa shape index (κ2) is 9.98. The van der Waals surface area contributed by atoms with Crippen LogP contribution in [0.5, 0.6) is 0 Å². The van der Waals surface area contributed by atoms with Crippen molar-refractivity contribution in [1.82, 2.24) is 15.9 Å². The van der Waals surface area contributed by atoms with E-state index < -0.39 is 11.8 Å². The molecule has 0 atom stereocenters. The highest BCUT2D eigenvalue weighted by Gasteiger charge is 2.10. The van der Waals surface area contributed by atoms with Crippen LogP contribution in [-0.2, 0) is 17.9 Å². The molecule has 0 spiro atoms. The molecule has 0 saturated heterocycles. The Morgan fingerprint density at radius 3 is 2.30 bits per heavy atom. The second-order valence-electron chi connectivity index (χ2n) is 7.27. The number of fused-ring (bicyclic) bond motifs is 1. The van der Waals surface area contributed by atoms with Crippen molar-refractivity contribution in [2.24, 2.45) is 0 Å². The first-order chi connectivity index (χ1) is 14.5. The largest absolute Gasteiger partial charge is 0.309 e. The van der Waals surface area contributed by atoms with Gasteiger partial charge < -0.3 is 4.90 Å². The normalized spacial score (nSPS) is 10.9. The molecule has 30 heavy (non-hydrogen) atoms. The quantitative estimate of drug-likeness (QED) is 0.395. The smallest absolute Gasteiger partial charge is 0.274 e. The number of nitrogens with one attached hydrogen (secondary N) is 2. The van der Waals surface area contributed by atoms with E-state index in [-0.39, 0.29) is 12.2 Å². The SMILES string of the molecule is CN(C)CCc1cc(CONC(=O)c2ccc(C(=O)NO)cc2)cc2ccccc12. The fourth-order valence-electron chi connectivity index (χ4n) is 3.17. The van der Waals surface area contributed by atoms with Gasteiger partial charge in [0.05, 0.1) is 6.61 Å². The van der Waals surface area contributed by atoms with E-state index >= 15 is 0 Å². The molecule has 7 nitrogen and oxygen atoms in total. The van der Waals surface area contributed by atoms with Crippen LogP contribution >= 0.6 is 0 Å². The number of rotatable bonds is 8. The number of hydroxylamine groups is 2. The van der Waals surface area contributed by atoms with Crippen molar-refractivity contribution in [1.29, 1.82) is 0 Å². The van der Waals surface area contributed by atoms with Crippen LogP contribution in [0.15, 0.2) is 60.7 Å². The Hall–Kier alpha value is -3.26. The predicted molar refractivity (Wildman–Crippen MR) is 114 cm³/mol. The average Bonchev–Trinajstić information content (AvgIpc) is 2.76. The Bertz CT molecular complexity index is 1030. The van der Waals surface area contributed by atoms with Crippen LogP contribution in [0.1, 0.15) is 31.8 Å². The van der Waals surface area contributed by atoms with Crippen LogP contribution in [0.25, 0.3) is 10.8 Å². The van der Waals surface area contributed by atoms with Gasteiger partial charge in [-0.3, -0.25) is 19.6 Å². The van der Waals surface area contributed by atoms with Crippen molar-refractivity contribution in [2.75, 3.05) is 20.6 Å². The number of likely N-dealkylation sites (N-methyl/N-ethyl adjacent to an activating group) is 1. The molecule has 0 aliphatic carbocycles. The van der Waals surface area contributed by atoms with Gasteiger partial charge >= 0.3 is 0 Å². The third-order valence-electron chi connectivity index (χ3n) is 4.75. The maximum Gasteiger partial charge on any atom is 0.274 e. The van der Waals surface area contributed by atoms with Crippen LogP contribution in [0.2, 0.25) is 0 Å². The van der Waals surface area contributed by atoms with E-state index in [9.17, 15) is 9.59 Å². The van der Waals surface area contributed by atoms with Crippen LogP contribution in [-0.4, -0.2) is 42.6 Å². The van der Waals surface area contributed by atoms with Crippen molar-refractivity contribution < 1.29 is 19.6 Å². The Kier molecular flexibility index (Phi) is 7.13. The standard InChI is InChI=1S/C23H25N3O4/c1-26(2)12-11-20-14-16(13-19-5-3-4-6-21(19)20)15-30-25-23(28)18-9-7-17(8-10-18)22(27)24-29/h3-10,13-14,29H,11-12,15H2,1-2H3,(H,24,27)(H,25,28). The summed E-state index contributed by atoms with van der Waals surface area (Å²) in [6.45, 7) is 1.17. The van der Waals surface area contributed by atoms with E-state index in [0.29, 0.717) is 5.56 Å². The maximum absolute atomic E-state index is 12.3. The van der Waals surface area contributed by atoms with Crippen LogP contribution < -0.4 is 11.0 Å². The molecular weight excluding hydrogens is 382 g/mol. The molecule has 156 valence electrons. The molecular formula is C23H25N3O4. The number of hydrogen-bond acceptors (Lipinski definition) is 5. The number of carbonyl (C=O) groups excluding carboxylic acids is 2. The van der Waals surface area contributed by atoms with Gasteiger partial charge in [0.25, 0.3) is 11.8 Å². The molecule has 0 bridgehead atoms. The lowest BCUT2D eigenvalue weighted by molar-refractivity contribution is 0.0233. The van der Waals surface area contributed by atoms with Gasteiger partial charge in [0.2, 0.25) is 0 Å². The highest BCUT2D eigenvalue weighted by atomic mass is 16.6. The summed E-state index contributed by atoms with van der Waals surface area (Å²) >= 11 is 0. The fourth-order valence-corrected chi connectivity index (χ4v) is 3.17. The van der Waals surface area contributed by atoms with Gasteiger partial charge in [-0.15, -0.1) is 0 Å².